The van der Waals surface area contributed by atoms with Crippen LogP contribution in [0.5, 0.6) is 0 Å². The minimum absolute atomic E-state index is 0.184. The van der Waals surface area contributed by atoms with Crippen molar-refractivity contribution in [3.63, 3.8) is 0 Å². The Kier molecular flexibility index (Phi) is 4.85. The highest BCUT2D eigenvalue weighted by Crippen LogP contribution is 2.18. The molecule has 0 spiro atoms. The first-order valence-electron chi connectivity index (χ1n) is 6.83. The highest BCUT2D eigenvalue weighted by molar-refractivity contribution is 5.79. The summed E-state index contributed by atoms with van der Waals surface area (Å²) in [7, 11) is 1.75. The van der Waals surface area contributed by atoms with E-state index >= 15 is 0 Å². The van der Waals surface area contributed by atoms with Crippen LogP contribution in [0.4, 0.5) is 13.2 Å². The molecule has 0 radical (unpaired) electrons. The first-order valence-corrected chi connectivity index (χ1v) is 6.83. The molecular weight excluding hydrogens is 295 g/mol. The van der Waals surface area contributed by atoms with Gasteiger partial charge in [-0.25, -0.2) is 13.2 Å². The molecule has 0 aliphatic carbocycles. The van der Waals surface area contributed by atoms with Crippen LogP contribution >= 0.6 is 0 Å². The Morgan fingerprint density at radius 3 is 2.59 bits per heavy atom. The molecule has 1 N–H and O–H groups in total. The Labute approximate surface area is 125 Å². The summed E-state index contributed by atoms with van der Waals surface area (Å²) in [6.07, 6.45) is 1.86. The van der Waals surface area contributed by atoms with Crippen molar-refractivity contribution in [2.24, 2.45) is 7.05 Å². The monoisotopic (exact) mass is 311 g/mol. The molecule has 1 aromatic carbocycles. The second-order valence-corrected chi connectivity index (χ2v) is 4.92. The molecule has 0 saturated heterocycles. The maximum Gasteiger partial charge on any atom is 0.225 e. The fraction of sp³-hybridized carbons (Fsp3) is 0.333. The molecule has 4 nitrogen and oxygen atoms in total. The van der Waals surface area contributed by atoms with Gasteiger partial charge in [-0.05, 0) is 18.6 Å². The molecule has 0 aliphatic heterocycles. The fourth-order valence-corrected chi connectivity index (χ4v) is 2.23. The van der Waals surface area contributed by atoms with Gasteiger partial charge in [-0.15, -0.1) is 0 Å². The van der Waals surface area contributed by atoms with Gasteiger partial charge in [-0.3, -0.25) is 9.48 Å². The molecule has 0 fully saturated rings. The minimum Gasteiger partial charge on any atom is -0.347 e. The number of aryl methyl sites for hydroxylation is 1. The molecule has 22 heavy (non-hydrogen) atoms. The van der Waals surface area contributed by atoms with Gasteiger partial charge in [-0.2, -0.15) is 5.10 Å². The van der Waals surface area contributed by atoms with E-state index in [1.54, 1.807) is 24.0 Å². The van der Waals surface area contributed by atoms with E-state index in [1.807, 2.05) is 6.92 Å². The molecule has 1 atom stereocenters. The summed E-state index contributed by atoms with van der Waals surface area (Å²) in [5.74, 6) is -4.64. The van der Waals surface area contributed by atoms with Crippen molar-refractivity contribution in [2.45, 2.75) is 25.8 Å². The van der Waals surface area contributed by atoms with Crippen molar-refractivity contribution in [1.82, 2.24) is 15.1 Å². The number of nitrogens with one attached hydrogen (secondary N) is 1. The van der Waals surface area contributed by atoms with Crippen LogP contribution in [0.15, 0.2) is 24.4 Å². The molecule has 1 amide bonds. The van der Waals surface area contributed by atoms with Crippen LogP contribution in [-0.4, -0.2) is 15.7 Å². The predicted molar refractivity (Wildman–Crippen MR) is 74.4 cm³/mol. The number of rotatable bonds is 5. The normalized spacial score (nSPS) is 12.2. The molecule has 0 unspecified atom stereocenters. The van der Waals surface area contributed by atoms with E-state index in [4.69, 9.17) is 0 Å². The van der Waals surface area contributed by atoms with Crippen molar-refractivity contribution >= 4 is 5.91 Å². The van der Waals surface area contributed by atoms with Gasteiger partial charge >= 0.3 is 0 Å². The van der Waals surface area contributed by atoms with Crippen molar-refractivity contribution in [3.05, 3.63) is 53.1 Å². The topological polar surface area (TPSA) is 46.9 Å². The molecule has 0 aliphatic rings. The number of amides is 1. The number of carbonyl (C=O) groups excluding carboxylic acids is 1. The lowest BCUT2D eigenvalue weighted by Gasteiger charge is -2.17. The summed E-state index contributed by atoms with van der Waals surface area (Å²) in [6, 6.07) is 3.36. The minimum atomic E-state index is -1.57. The van der Waals surface area contributed by atoms with Gasteiger partial charge in [0, 0.05) is 18.8 Å². The van der Waals surface area contributed by atoms with Crippen molar-refractivity contribution < 1.29 is 18.0 Å². The standard InChI is InChI=1S/C15H16F3N3O/c1-3-11(12-6-7-19-21(12)2)20-13(22)8-9-4-5-10(16)15(18)14(9)17/h4-7,11H,3,8H2,1-2H3,(H,20,22)/t11-/m1/s1. The molecular formula is C15H16F3N3O. The maximum absolute atomic E-state index is 13.6. The first-order chi connectivity index (χ1) is 10.4. The lowest BCUT2D eigenvalue weighted by atomic mass is 10.1. The summed E-state index contributed by atoms with van der Waals surface area (Å²) < 4.78 is 41.2. The zero-order chi connectivity index (χ0) is 16.3. The van der Waals surface area contributed by atoms with E-state index in [0.29, 0.717) is 6.42 Å². The van der Waals surface area contributed by atoms with Gasteiger partial charge < -0.3 is 5.32 Å². The van der Waals surface area contributed by atoms with Gasteiger partial charge in [0.25, 0.3) is 0 Å². The van der Waals surface area contributed by atoms with E-state index in [-0.39, 0.29) is 18.0 Å². The zero-order valence-corrected chi connectivity index (χ0v) is 12.2. The largest absolute Gasteiger partial charge is 0.347 e. The van der Waals surface area contributed by atoms with Crippen molar-refractivity contribution in [1.29, 1.82) is 0 Å². The van der Waals surface area contributed by atoms with Gasteiger partial charge in [-0.1, -0.05) is 13.0 Å². The van der Waals surface area contributed by atoms with Gasteiger partial charge in [0.05, 0.1) is 18.2 Å². The van der Waals surface area contributed by atoms with Crippen molar-refractivity contribution in [3.8, 4) is 0 Å². The zero-order valence-electron chi connectivity index (χ0n) is 12.2. The smallest absolute Gasteiger partial charge is 0.225 e. The summed E-state index contributed by atoms with van der Waals surface area (Å²) in [5, 5.41) is 6.76. The average Bonchev–Trinajstić information content (AvgIpc) is 2.91. The summed E-state index contributed by atoms with van der Waals surface area (Å²) in [6.45, 7) is 1.89. The Balaban J connectivity index is 2.10. The Morgan fingerprint density at radius 2 is 2.00 bits per heavy atom. The van der Waals surface area contributed by atoms with Crippen LogP contribution in [-0.2, 0) is 18.3 Å². The molecule has 2 aromatic rings. The predicted octanol–water partition coefficient (Wildman–Crippen LogP) is 2.65. The van der Waals surface area contributed by atoms with E-state index in [9.17, 15) is 18.0 Å². The number of benzene rings is 1. The highest BCUT2D eigenvalue weighted by Gasteiger charge is 2.19. The maximum atomic E-state index is 13.6. The van der Waals surface area contributed by atoms with Gasteiger partial charge in [0.2, 0.25) is 5.91 Å². The van der Waals surface area contributed by atoms with E-state index in [2.05, 4.69) is 10.4 Å². The van der Waals surface area contributed by atoms with Crippen molar-refractivity contribution in [2.75, 3.05) is 0 Å². The van der Waals surface area contributed by atoms with E-state index in [1.165, 1.54) is 0 Å². The number of hydrogen-bond acceptors (Lipinski definition) is 2. The number of aromatic nitrogens is 2. The molecule has 118 valence electrons. The lowest BCUT2D eigenvalue weighted by molar-refractivity contribution is -0.121. The quantitative estimate of drug-likeness (QED) is 0.863. The third-order valence-corrected chi connectivity index (χ3v) is 3.43. The number of nitrogens with zero attached hydrogens (tertiary/aromatic N) is 2. The SMILES string of the molecule is CC[C@@H](NC(=O)Cc1ccc(F)c(F)c1F)c1ccnn1C. The van der Waals surface area contributed by atoms with Crippen LogP contribution in [0.25, 0.3) is 0 Å². The fourth-order valence-electron chi connectivity index (χ4n) is 2.23. The van der Waals surface area contributed by atoms with Crippen LogP contribution in [0.3, 0.4) is 0 Å². The summed E-state index contributed by atoms with van der Waals surface area (Å²) >= 11 is 0. The third kappa shape index (κ3) is 3.29. The highest BCUT2D eigenvalue weighted by atomic mass is 19.2. The van der Waals surface area contributed by atoms with E-state index < -0.39 is 23.4 Å². The average molecular weight is 311 g/mol. The van der Waals surface area contributed by atoms with Crippen LogP contribution in [0, 0.1) is 17.5 Å². The molecule has 1 heterocycles. The Bertz CT molecular complexity index is 685. The van der Waals surface area contributed by atoms with Crippen LogP contribution < -0.4 is 5.32 Å². The van der Waals surface area contributed by atoms with E-state index in [0.717, 1.165) is 17.8 Å². The molecule has 1 aromatic heterocycles. The molecule has 7 heteroatoms. The molecule has 0 saturated carbocycles. The molecule has 2 rings (SSSR count). The van der Waals surface area contributed by atoms with Crippen LogP contribution in [0.2, 0.25) is 0 Å². The Morgan fingerprint density at radius 1 is 1.27 bits per heavy atom. The first kappa shape index (κ1) is 16.1. The lowest BCUT2D eigenvalue weighted by Crippen LogP contribution is -2.31. The summed E-state index contributed by atoms with van der Waals surface area (Å²) in [5.41, 5.74) is 0.623. The Hall–Kier alpha value is -2.31. The van der Waals surface area contributed by atoms with Gasteiger partial charge in [0.1, 0.15) is 0 Å². The second kappa shape index (κ2) is 6.64. The number of halogens is 3. The van der Waals surface area contributed by atoms with Crippen LogP contribution in [0.1, 0.15) is 30.6 Å². The third-order valence-electron chi connectivity index (χ3n) is 3.43. The van der Waals surface area contributed by atoms with Gasteiger partial charge in [0.15, 0.2) is 17.5 Å². The number of hydrogen-bond donors (Lipinski definition) is 1. The second-order valence-electron chi connectivity index (χ2n) is 4.92. The summed E-state index contributed by atoms with van der Waals surface area (Å²) in [4.78, 5) is 12.0. The number of carbonyl (C=O) groups is 1. The molecule has 0 bridgehead atoms.